The second-order valence-corrected chi connectivity index (χ2v) is 8.00. The van der Waals surface area contributed by atoms with Gasteiger partial charge in [0.05, 0.1) is 13.2 Å². The van der Waals surface area contributed by atoms with E-state index in [1.165, 1.54) is 0 Å². The lowest BCUT2D eigenvalue weighted by molar-refractivity contribution is -0.000958. The number of benzene rings is 2. The molecule has 0 aliphatic carbocycles. The van der Waals surface area contributed by atoms with Crippen LogP contribution in [0, 0.1) is 0 Å². The van der Waals surface area contributed by atoms with E-state index in [1.807, 2.05) is 61.5 Å². The molecule has 1 saturated heterocycles. The van der Waals surface area contributed by atoms with Gasteiger partial charge in [0.15, 0.2) is 5.82 Å². The van der Waals surface area contributed by atoms with Gasteiger partial charge in [-0.3, -0.25) is 9.69 Å². The van der Waals surface area contributed by atoms with Crippen molar-refractivity contribution in [3.63, 3.8) is 0 Å². The molecule has 1 fully saturated rings. The van der Waals surface area contributed by atoms with E-state index in [1.54, 1.807) is 4.68 Å². The average molecular weight is 455 g/mol. The summed E-state index contributed by atoms with van der Waals surface area (Å²) < 4.78 is 8.01. The van der Waals surface area contributed by atoms with E-state index in [-0.39, 0.29) is 11.7 Å². The van der Waals surface area contributed by atoms with Crippen LogP contribution in [-0.4, -0.2) is 46.0 Å². The summed E-state index contributed by atoms with van der Waals surface area (Å²) in [7, 11) is 0. The highest BCUT2D eigenvalue weighted by Crippen LogP contribution is 2.18. The van der Waals surface area contributed by atoms with E-state index in [2.05, 4.69) is 30.9 Å². The lowest BCUT2D eigenvalue weighted by atomic mass is 10.1. The van der Waals surface area contributed by atoms with Crippen molar-refractivity contribution >= 4 is 15.9 Å². The summed E-state index contributed by atoms with van der Waals surface area (Å²) >= 11 is 3.50. The fourth-order valence-corrected chi connectivity index (χ4v) is 3.95. The molecule has 2 heterocycles. The molecular weight excluding hydrogens is 432 g/mol. The van der Waals surface area contributed by atoms with Gasteiger partial charge in [-0.15, -0.1) is 5.10 Å². The average Bonchev–Trinajstić information content (AvgIpc) is 2.76. The maximum Gasteiger partial charge on any atom is 0.290 e. The fourth-order valence-electron chi connectivity index (χ4n) is 3.50. The standard InChI is InChI=1S/C22H23BrN4O2/c1-16(26-10-12-29-13-11-26)27-22(28)20(15-17-6-5-9-19(23)14-17)24-21(25-27)18-7-3-2-4-8-18/h2-9,14,16H,10-13,15H2,1H3. The molecule has 150 valence electrons. The minimum Gasteiger partial charge on any atom is -0.379 e. The van der Waals surface area contributed by atoms with Gasteiger partial charge in [0.1, 0.15) is 11.9 Å². The predicted octanol–water partition coefficient (Wildman–Crippen LogP) is 3.51. The Morgan fingerprint density at radius 2 is 1.86 bits per heavy atom. The van der Waals surface area contributed by atoms with Gasteiger partial charge < -0.3 is 4.74 Å². The Labute approximate surface area is 178 Å². The van der Waals surface area contributed by atoms with E-state index in [9.17, 15) is 4.79 Å². The van der Waals surface area contributed by atoms with Crippen LogP contribution < -0.4 is 5.56 Å². The Hall–Kier alpha value is -2.35. The molecule has 1 aliphatic heterocycles. The second-order valence-electron chi connectivity index (χ2n) is 7.08. The van der Waals surface area contributed by atoms with Crippen LogP contribution in [0.25, 0.3) is 11.4 Å². The summed E-state index contributed by atoms with van der Waals surface area (Å²) in [4.78, 5) is 20.2. The first-order chi connectivity index (χ1) is 14.1. The highest BCUT2D eigenvalue weighted by molar-refractivity contribution is 9.10. The van der Waals surface area contributed by atoms with Crippen LogP contribution >= 0.6 is 15.9 Å². The van der Waals surface area contributed by atoms with Crippen molar-refractivity contribution in [2.24, 2.45) is 0 Å². The molecule has 0 amide bonds. The third kappa shape index (κ3) is 4.63. The lowest BCUT2D eigenvalue weighted by Crippen LogP contribution is -2.44. The van der Waals surface area contributed by atoms with Gasteiger partial charge in [0.2, 0.25) is 0 Å². The number of hydrogen-bond donors (Lipinski definition) is 0. The second kappa shape index (κ2) is 8.98. The molecule has 29 heavy (non-hydrogen) atoms. The molecule has 0 spiro atoms. The topological polar surface area (TPSA) is 60.2 Å². The van der Waals surface area contributed by atoms with Crippen molar-refractivity contribution in [1.82, 2.24) is 19.7 Å². The summed E-state index contributed by atoms with van der Waals surface area (Å²) in [5.74, 6) is 0.565. The summed E-state index contributed by atoms with van der Waals surface area (Å²) in [5.41, 5.74) is 2.27. The van der Waals surface area contributed by atoms with E-state index >= 15 is 0 Å². The Morgan fingerprint density at radius 1 is 1.10 bits per heavy atom. The SMILES string of the molecule is CC(N1CCOCC1)n1nc(-c2ccccc2)nc(Cc2cccc(Br)c2)c1=O. The lowest BCUT2D eigenvalue weighted by Gasteiger charge is -2.32. The zero-order valence-electron chi connectivity index (χ0n) is 16.3. The molecule has 0 radical (unpaired) electrons. The largest absolute Gasteiger partial charge is 0.379 e. The van der Waals surface area contributed by atoms with Crippen LogP contribution in [0.1, 0.15) is 24.3 Å². The molecule has 6 nitrogen and oxygen atoms in total. The van der Waals surface area contributed by atoms with Gasteiger partial charge >= 0.3 is 0 Å². The predicted molar refractivity (Wildman–Crippen MR) is 116 cm³/mol. The van der Waals surface area contributed by atoms with E-state index < -0.39 is 0 Å². The van der Waals surface area contributed by atoms with Crippen molar-refractivity contribution in [3.8, 4) is 11.4 Å². The molecule has 0 N–H and O–H groups in total. The Kier molecular flexibility index (Phi) is 6.18. The monoisotopic (exact) mass is 454 g/mol. The molecule has 4 rings (SSSR count). The summed E-state index contributed by atoms with van der Waals surface area (Å²) in [6.07, 6.45) is 0.286. The Bertz CT molecular complexity index is 1030. The van der Waals surface area contributed by atoms with Gasteiger partial charge in [0, 0.05) is 29.5 Å². The van der Waals surface area contributed by atoms with Gasteiger partial charge in [0.25, 0.3) is 5.56 Å². The third-order valence-electron chi connectivity index (χ3n) is 5.12. The third-order valence-corrected chi connectivity index (χ3v) is 5.61. The van der Waals surface area contributed by atoms with Crippen molar-refractivity contribution in [3.05, 3.63) is 80.7 Å². The number of ether oxygens (including phenoxy) is 1. The van der Waals surface area contributed by atoms with Gasteiger partial charge in [-0.05, 0) is 24.6 Å². The molecule has 1 aromatic heterocycles. The number of hydrogen-bond acceptors (Lipinski definition) is 5. The van der Waals surface area contributed by atoms with Crippen LogP contribution in [0.5, 0.6) is 0 Å². The van der Waals surface area contributed by atoms with Crippen LogP contribution in [-0.2, 0) is 11.2 Å². The summed E-state index contributed by atoms with van der Waals surface area (Å²) in [6.45, 7) is 4.90. The molecule has 7 heteroatoms. The number of halogens is 1. The van der Waals surface area contributed by atoms with Crippen molar-refractivity contribution < 1.29 is 4.74 Å². The zero-order chi connectivity index (χ0) is 20.2. The van der Waals surface area contributed by atoms with E-state index in [0.717, 1.165) is 28.7 Å². The van der Waals surface area contributed by atoms with Gasteiger partial charge in [-0.1, -0.05) is 58.4 Å². The van der Waals surface area contributed by atoms with Crippen LogP contribution in [0.15, 0.2) is 63.9 Å². The minimum atomic E-state index is -0.168. The maximum absolute atomic E-state index is 13.3. The first-order valence-corrected chi connectivity index (χ1v) is 10.5. The number of rotatable bonds is 5. The van der Waals surface area contributed by atoms with Crippen LogP contribution in [0.3, 0.4) is 0 Å². The van der Waals surface area contributed by atoms with Gasteiger partial charge in [-0.2, -0.15) is 0 Å². The van der Waals surface area contributed by atoms with Gasteiger partial charge in [-0.25, -0.2) is 9.67 Å². The molecule has 1 atom stereocenters. The van der Waals surface area contributed by atoms with E-state index in [4.69, 9.17) is 4.74 Å². The molecule has 2 aromatic carbocycles. The Morgan fingerprint density at radius 3 is 2.59 bits per heavy atom. The molecular formula is C22H23BrN4O2. The quantitative estimate of drug-likeness (QED) is 0.590. The van der Waals surface area contributed by atoms with Crippen molar-refractivity contribution in [1.29, 1.82) is 0 Å². The summed E-state index contributed by atoms with van der Waals surface area (Å²) in [6, 6.07) is 17.7. The highest BCUT2D eigenvalue weighted by atomic mass is 79.9. The van der Waals surface area contributed by atoms with Crippen molar-refractivity contribution in [2.45, 2.75) is 19.5 Å². The zero-order valence-corrected chi connectivity index (χ0v) is 17.9. The summed E-state index contributed by atoms with van der Waals surface area (Å²) in [5, 5.41) is 4.64. The minimum absolute atomic E-state index is 0.149. The van der Waals surface area contributed by atoms with Crippen molar-refractivity contribution in [2.75, 3.05) is 26.3 Å². The van der Waals surface area contributed by atoms with E-state index in [0.29, 0.717) is 31.2 Å². The maximum atomic E-state index is 13.3. The van der Waals surface area contributed by atoms with Crippen LogP contribution in [0.4, 0.5) is 0 Å². The number of morpholine rings is 1. The number of nitrogens with zero attached hydrogens (tertiary/aromatic N) is 4. The first kappa shape index (κ1) is 19.9. The first-order valence-electron chi connectivity index (χ1n) is 9.73. The fraction of sp³-hybridized carbons (Fsp3) is 0.318. The Balaban J connectivity index is 1.78. The molecule has 3 aromatic rings. The molecule has 1 unspecified atom stereocenters. The van der Waals surface area contributed by atoms with Crippen LogP contribution in [0.2, 0.25) is 0 Å². The molecule has 1 aliphatic rings. The highest BCUT2D eigenvalue weighted by Gasteiger charge is 2.23. The molecule has 0 bridgehead atoms. The number of aromatic nitrogens is 3. The molecule has 0 saturated carbocycles. The smallest absolute Gasteiger partial charge is 0.290 e. The normalized spacial score (nSPS) is 15.9.